The minimum Gasteiger partial charge on any atom is -0.360 e. The van der Waals surface area contributed by atoms with Crippen molar-refractivity contribution in [2.24, 2.45) is 11.8 Å². The van der Waals surface area contributed by atoms with Crippen LogP contribution in [0.5, 0.6) is 0 Å². The second kappa shape index (κ2) is 16.1. The highest BCUT2D eigenvalue weighted by Gasteiger charge is 2.33. The first-order chi connectivity index (χ1) is 21.5. The molecule has 1 aromatic carbocycles. The molecule has 0 radical (unpaired) electrons. The normalized spacial score (nSPS) is 17.7. The molecule has 0 unspecified atom stereocenters. The standard InChI is InChI=1S/C34H52N6O3SSi/c1-24-9-11-28(12-10-24)32(37-33(41)30-17-18-35-39(30)19-8-21-44-4)34(42)36-29-15-13-27(14-16-29)31-25(2)38-40(26(31)3)23-43-20-22-45(5,6)7/h13-18,24,28,32H,8-12,19-23H2,1-7H3,(H,36,42)(H,37,41)/t24?,28?,32-/m0/s1. The molecule has 2 amide bonds. The number of benzene rings is 1. The molecule has 4 rings (SSSR count). The molecule has 9 nitrogen and oxygen atoms in total. The summed E-state index contributed by atoms with van der Waals surface area (Å²) in [7, 11) is -1.14. The number of ether oxygens (including phenoxy) is 1. The van der Waals surface area contributed by atoms with Crippen molar-refractivity contribution >= 4 is 37.3 Å². The van der Waals surface area contributed by atoms with Gasteiger partial charge in [0.15, 0.2) is 0 Å². The Bertz CT molecular complexity index is 1410. The number of carbonyl (C=O) groups excluding carboxylic acids is 2. The van der Waals surface area contributed by atoms with Crippen molar-refractivity contribution in [2.45, 2.75) is 97.9 Å². The van der Waals surface area contributed by atoms with E-state index in [0.717, 1.165) is 73.0 Å². The molecule has 2 heterocycles. The Labute approximate surface area is 274 Å². The summed E-state index contributed by atoms with van der Waals surface area (Å²) in [4.78, 5) is 27.2. The lowest BCUT2D eigenvalue weighted by Gasteiger charge is -2.32. The van der Waals surface area contributed by atoms with E-state index in [-0.39, 0.29) is 17.7 Å². The van der Waals surface area contributed by atoms with Crippen LogP contribution in [0, 0.1) is 25.7 Å². The zero-order valence-corrected chi connectivity index (χ0v) is 30.0. The van der Waals surface area contributed by atoms with E-state index in [1.807, 2.05) is 35.9 Å². The van der Waals surface area contributed by atoms with Crippen LogP contribution in [0.1, 0.15) is 60.9 Å². The van der Waals surface area contributed by atoms with Crippen LogP contribution >= 0.6 is 11.8 Å². The van der Waals surface area contributed by atoms with Crippen molar-refractivity contribution < 1.29 is 14.3 Å². The van der Waals surface area contributed by atoms with Gasteiger partial charge in [-0.15, -0.1) is 0 Å². The van der Waals surface area contributed by atoms with Crippen LogP contribution in [0.2, 0.25) is 25.7 Å². The zero-order valence-electron chi connectivity index (χ0n) is 28.2. The summed E-state index contributed by atoms with van der Waals surface area (Å²) < 4.78 is 9.63. The summed E-state index contributed by atoms with van der Waals surface area (Å²) in [5.41, 5.74) is 5.32. The Morgan fingerprint density at radius 2 is 1.78 bits per heavy atom. The number of thioether (sulfide) groups is 1. The molecule has 2 N–H and O–H groups in total. The molecule has 45 heavy (non-hydrogen) atoms. The van der Waals surface area contributed by atoms with E-state index < -0.39 is 14.1 Å². The Morgan fingerprint density at radius 3 is 2.44 bits per heavy atom. The van der Waals surface area contributed by atoms with E-state index in [9.17, 15) is 9.59 Å². The lowest BCUT2D eigenvalue weighted by Crippen LogP contribution is -2.49. The number of amides is 2. The number of aromatic nitrogens is 4. The van der Waals surface area contributed by atoms with Gasteiger partial charge >= 0.3 is 0 Å². The van der Waals surface area contributed by atoms with Crippen LogP contribution in [0.4, 0.5) is 5.69 Å². The van der Waals surface area contributed by atoms with Gasteiger partial charge in [0.05, 0.1) is 5.69 Å². The molecular weight excluding hydrogens is 601 g/mol. The smallest absolute Gasteiger partial charge is 0.270 e. The van der Waals surface area contributed by atoms with E-state index >= 15 is 0 Å². The fourth-order valence-electron chi connectivity index (χ4n) is 6.00. The molecule has 1 aliphatic carbocycles. The first-order valence-electron chi connectivity index (χ1n) is 16.3. The Hall–Kier alpha value is -2.89. The lowest BCUT2D eigenvalue weighted by molar-refractivity contribution is -0.119. The largest absolute Gasteiger partial charge is 0.360 e. The molecule has 3 aromatic rings. The maximum atomic E-state index is 13.8. The topological polar surface area (TPSA) is 103 Å². The third kappa shape index (κ3) is 9.80. The first-order valence-corrected chi connectivity index (χ1v) is 21.4. The summed E-state index contributed by atoms with van der Waals surface area (Å²) in [5, 5.41) is 15.3. The molecule has 246 valence electrons. The second-order valence-corrected chi connectivity index (χ2v) is 20.3. The fourth-order valence-corrected chi connectivity index (χ4v) is 7.18. The van der Waals surface area contributed by atoms with Crippen molar-refractivity contribution in [3.05, 3.63) is 53.6 Å². The molecule has 1 saturated carbocycles. The summed E-state index contributed by atoms with van der Waals surface area (Å²) in [6.45, 7) is 15.3. The molecule has 0 spiro atoms. The number of nitrogens with one attached hydrogen (secondary N) is 2. The highest BCUT2D eigenvalue weighted by molar-refractivity contribution is 7.98. The number of aryl methyl sites for hydroxylation is 2. The van der Waals surface area contributed by atoms with Gasteiger partial charge in [-0.3, -0.25) is 14.3 Å². The molecule has 11 heteroatoms. The highest BCUT2D eigenvalue weighted by atomic mass is 32.2. The van der Waals surface area contributed by atoms with Crippen LogP contribution in [-0.4, -0.2) is 64.1 Å². The number of nitrogens with zero attached hydrogens (tertiary/aromatic N) is 4. The van der Waals surface area contributed by atoms with E-state index in [4.69, 9.17) is 9.84 Å². The van der Waals surface area contributed by atoms with Gasteiger partial charge < -0.3 is 15.4 Å². The van der Waals surface area contributed by atoms with Crippen LogP contribution < -0.4 is 10.6 Å². The number of rotatable bonds is 15. The Balaban J connectivity index is 1.44. The predicted octanol–water partition coefficient (Wildman–Crippen LogP) is 6.99. The Kier molecular flexibility index (Phi) is 12.5. The zero-order chi connectivity index (χ0) is 32.6. The molecule has 0 bridgehead atoms. The number of anilines is 1. The predicted molar refractivity (Wildman–Crippen MR) is 187 cm³/mol. The average molecular weight is 653 g/mol. The summed E-state index contributed by atoms with van der Waals surface area (Å²) >= 11 is 1.78. The van der Waals surface area contributed by atoms with Gasteiger partial charge in [-0.2, -0.15) is 22.0 Å². The average Bonchev–Trinajstić information content (AvgIpc) is 3.58. The van der Waals surface area contributed by atoms with Crippen molar-refractivity contribution in [2.75, 3.05) is 23.9 Å². The van der Waals surface area contributed by atoms with Crippen molar-refractivity contribution in [3.8, 4) is 11.1 Å². The summed E-state index contributed by atoms with van der Waals surface area (Å²) in [6, 6.07) is 10.1. The van der Waals surface area contributed by atoms with Crippen molar-refractivity contribution in [1.29, 1.82) is 0 Å². The van der Waals surface area contributed by atoms with Gasteiger partial charge in [0.1, 0.15) is 18.5 Å². The molecule has 1 aliphatic rings. The summed E-state index contributed by atoms with van der Waals surface area (Å²) in [6.07, 6.45) is 8.59. The van der Waals surface area contributed by atoms with Gasteiger partial charge in [0.2, 0.25) is 5.91 Å². The number of hydrogen-bond donors (Lipinski definition) is 2. The van der Waals surface area contributed by atoms with Crippen LogP contribution in [0.15, 0.2) is 36.5 Å². The molecule has 1 atom stereocenters. The van der Waals surface area contributed by atoms with Crippen LogP contribution in [0.3, 0.4) is 0 Å². The van der Waals surface area contributed by atoms with Gasteiger partial charge in [0, 0.05) is 44.4 Å². The van der Waals surface area contributed by atoms with E-state index in [1.54, 1.807) is 28.7 Å². The van der Waals surface area contributed by atoms with E-state index in [2.05, 4.69) is 55.5 Å². The Morgan fingerprint density at radius 1 is 1.07 bits per heavy atom. The first kappa shape index (κ1) is 35.0. The maximum Gasteiger partial charge on any atom is 0.270 e. The minimum atomic E-state index is -1.14. The minimum absolute atomic E-state index is 0.0846. The van der Waals surface area contributed by atoms with Crippen LogP contribution in [-0.2, 0) is 22.8 Å². The van der Waals surface area contributed by atoms with Gasteiger partial charge in [0.25, 0.3) is 5.91 Å². The lowest BCUT2D eigenvalue weighted by atomic mass is 9.79. The van der Waals surface area contributed by atoms with Gasteiger partial charge in [-0.05, 0) is 86.8 Å². The molecule has 0 saturated heterocycles. The molecule has 0 aliphatic heterocycles. The number of carbonyl (C=O) groups is 2. The maximum absolute atomic E-state index is 13.8. The third-order valence-electron chi connectivity index (χ3n) is 8.80. The summed E-state index contributed by atoms with van der Waals surface area (Å²) in [5.74, 6) is 1.29. The quantitative estimate of drug-likeness (QED) is 0.136. The molecule has 2 aromatic heterocycles. The van der Waals surface area contributed by atoms with E-state index in [0.29, 0.717) is 30.6 Å². The fraction of sp³-hybridized carbons (Fsp3) is 0.588. The second-order valence-electron chi connectivity index (χ2n) is 13.7. The monoisotopic (exact) mass is 652 g/mol. The van der Waals surface area contributed by atoms with Crippen molar-refractivity contribution in [1.82, 2.24) is 24.9 Å². The third-order valence-corrected chi connectivity index (χ3v) is 11.2. The SMILES string of the molecule is CSCCCn1nccc1C(=O)N[C@H](C(=O)Nc1ccc(-c2c(C)nn(COCC[Si](C)(C)C)c2C)cc1)C1CCC(C)CC1. The molecule has 1 fully saturated rings. The van der Waals surface area contributed by atoms with Gasteiger partial charge in [-0.1, -0.05) is 51.5 Å². The molecular formula is C34H52N6O3SSi. The van der Waals surface area contributed by atoms with E-state index in [1.165, 1.54) is 0 Å². The van der Waals surface area contributed by atoms with Gasteiger partial charge in [-0.25, -0.2) is 4.68 Å². The highest BCUT2D eigenvalue weighted by Crippen LogP contribution is 2.32. The van der Waals surface area contributed by atoms with Crippen LogP contribution in [0.25, 0.3) is 11.1 Å². The number of hydrogen-bond acceptors (Lipinski definition) is 6. The van der Waals surface area contributed by atoms with Crippen molar-refractivity contribution in [3.63, 3.8) is 0 Å².